The smallest absolute Gasteiger partial charge is 0.223 e. The standard InChI is InChI=1S/C23H20FN3O/c1-25-23-26-20(18-11-12-19(24)17-10-6-5-9-16(17)18)14-21(27-23)22(28)13-15-7-3-2-4-8-15/h2-12,14,22,28H,13H2,1H3,(H,25,26,27). The third-order valence-electron chi connectivity index (χ3n) is 4.73. The van der Waals surface area contributed by atoms with Gasteiger partial charge in [-0.05, 0) is 29.1 Å². The molecule has 3 aromatic carbocycles. The fraction of sp³-hybridized carbons (Fsp3) is 0.130. The number of aliphatic hydroxyl groups is 1. The van der Waals surface area contributed by atoms with Gasteiger partial charge in [0.25, 0.3) is 0 Å². The Hall–Kier alpha value is -3.31. The predicted molar refractivity (Wildman–Crippen MR) is 110 cm³/mol. The molecule has 4 aromatic rings. The van der Waals surface area contributed by atoms with Crippen LogP contribution in [-0.4, -0.2) is 22.1 Å². The van der Waals surface area contributed by atoms with Gasteiger partial charge in [0, 0.05) is 24.4 Å². The molecule has 0 spiro atoms. The van der Waals surface area contributed by atoms with Crippen LogP contribution in [0.25, 0.3) is 22.0 Å². The van der Waals surface area contributed by atoms with Gasteiger partial charge in [-0.3, -0.25) is 0 Å². The second kappa shape index (κ2) is 7.74. The molecule has 2 N–H and O–H groups in total. The van der Waals surface area contributed by atoms with E-state index in [9.17, 15) is 9.50 Å². The number of halogens is 1. The van der Waals surface area contributed by atoms with E-state index >= 15 is 0 Å². The molecule has 28 heavy (non-hydrogen) atoms. The molecule has 0 aliphatic carbocycles. The van der Waals surface area contributed by atoms with E-state index in [2.05, 4.69) is 15.3 Å². The molecule has 0 aliphatic rings. The van der Waals surface area contributed by atoms with E-state index in [0.717, 1.165) is 16.5 Å². The van der Waals surface area contributed by atoms with Crippen molar-refractivity contribution < 1.29 is 9.50 Å². The number of anilines is 1. The summed E-state index contributed by atoms with van der Waals surface area (Å²) in [6.07, 6.45) is -0.326. The SMILES string of the molecule is CNc1nc(-c2ccc(F)c3ccccc23)cc(C(O)Cc2ccccc2)n1. The highest BCUT2D eigenvalue weighted by atomic mass is 19.1. The number of nitrogens with zero attached hydrogens (tertiary/aromatic N) is 2. The highest BCUT2D eigenvalue weighted by Crippen LogP contribution is 2.31. The van der Waals surface area contributed by atoms with Gasteiger partial charge in [-0.15, -0.1) is 0 Å². The number of rotatable bonds is 5. The van der Waals surface area contributed by atoms with Crippen LogP contribution in [0.15, 0.2) is 72.8 Å². The van der Waals surface area contributed by atoms with Crippen LogP contribution in [0.5, 0.6) is 0 Å². The van der Waals surface area contributed by atoms with E-state index in [1.165, 1.54) is 6.07 Å². The van der Waals surface area contributed by atoms with E-state index in [-0.39, 0.29) is 5.82 Å². The van der Waals surface area contributed by atoms with Gasteiger partial charge in [0.1, 0.15) is 11.9 Å². The van der Waals surface area contributed by atoms with Gasteiger partial charge in [0.05, 0.1) is 11.4 Å². The molecule has 140 valence electrons. The van der Waals surface area contributed by atoms with Crippen LogP contribution in [-0.2, 0) is 6.42 Å². The molecule has 0 fully saturated rings. The maximum atomic E-state index is 14.2. The van der Waals surface area contributed by atoms with Gasteiger partial charge in [0.2, 0.25) is 5.95 Å². The van der Waals surface area contributed by atoms with Gasteiger partial charge in [-0.25, -0.2) is 14.4 Å². The van der Waals surface area contributed by atoms with Crippen molar-refractivity contribution in [1.82, 2.24) is 9.97 Å². The molecule has 1 atom stereocenters. The number of hydrogen-bond acceptors (Lipinski definition) is 4. The molecular formula is C23H20FN3O. The zero-order chi connectivity index (χ0) is 19.5. The number of fused-ring (bicyclic) bond motifs is 1. The van der Waals surface area contributed by atoms with Crippen LogP contribution in [0, 0.1) is 5.82 Å². The molecule has 4 rings (SSSR count). The van der Waals surface area contributed by atoms with Gasteiger partial charge >= 0.3 is 0 Å². The zero-order valence-electron chi connectivity index (χ0n) is 15.4. The highest BCUT2D eigenvalue weighted by molar-refractivity contribution is 5.96. The van der Waals surface area contributed by atoms with Crippen molar-refractivity contribution in [2.75, 3.05) is 12.4 Å². The Bertz CT molecular complexity index is 1120. The molecule has 0 saturated heterocycles. The quantitative estimate of drug-likeness (QED) is 0.530. The third-order valence-corrected chi connectivity index (χ3v) is 4.73. The fourth-order valence-corrected chi connectivity index (χ4v) is 3.31. The molecule has 1 unspecified atom stereocenters. The first-order chi connectivity index (χ1) is 13.7. The minimum absolute atomic E-state index is 0.272. The van der Waals surface area contributed by atoms with Crippen LogP contribution in [0.3, 0.4) is 0 Å². The van der Waals surface area contributed by atoms with Gasteiger partial charge in [-0.1, -0.05) is 54.6 Å². The number of hydrogen-bond donors (Lipinski definition) is 2. The van der Waals surface area contributed by atoms with E-state index in [1.807, 2.05) is 48.5 Å². The van der Waals surface area contributed by atoms with Crippen LogP contribution in [0.4, 0.5) is 10.3 Å². The van der Waals surface area contributed by atoms with Crippen molar-refractivity contribution >= 4 is 16.7 Å². The number of nitrogens with one attached hydrogen (secondary N) is 1. The van der Waals surface area contributed by atoms with Crippen LogP contribution in [0.1, 0.15) is 17.4 Å². The van der Waals surface area contributed by atoms with Crippen LogP contribution < -0.4 is 5.32 Å². The molecule has 0 amide bonds. The van der Waals surface area contributed by atoms with E-state index in [4.69, 9.17) is 0 Å². The Labute approximate surface area is 162 Å². The Morgan fingerprint density at radius 3 is 2.39 bits per heavy atom. The van der Waals surface area contributed by atoms with Crippen LogP contribution in [0.2, 0.25) is 0 Å². The number of benzene rings is 3. The highest BCUT2D eigenvalue weighted by Gasteiger charge is 2.16. The lowest BCUT2D eigenvalue weighted by atomic mass is 9.99. The van der Waals surface area contributed by atoms with Gasteiger partial charge < -0.3 is 10.4 Å². The second-order valence-electron chi connectivity index (χ2n) is 6.60. The maximum Gasteiger partial charge on any atom is 0.223 e. The lowest BCUT2D eigenvalue weighted by molar-refractivity contribution is 0.173. The summed E-state index contributed by atoms with van der Waals surface area (Å²) in [5.74, 6) is 0.139. The molecule has 0 radical (unpaired) electrons. The molecule has 1 heterocycles. The van der Waals surface area contributed by atoms with Crippen LogP contribution >= 0.6 is 0 Å². The van der Waals surface area contributed by atoms with Crippen molar-refractivity contribution in [2.24, 2.45) is 0 Å². The average molecular weight is 373 g/mol. The minimum atomic E-state index is -0.775. The number of aliphatic hydroxyl groups excluding tert-OH is 1. The fourth-order valence-electron chi connectivity index (χ4n) is 3.31. The van der Waals surface area contributed by atoms with Crippen molar-refractivity contribution in [2.45, 2.75) is 12.5 Å². The molecule has 0 bridgehead atoms. The summed E-state index contributed by atoms with van der Waals surface area (Å²) in [7, 11) is 1.73. The van der Waals surface area contributed by atoms with Crippen molar-refractivity contribution in [3.05, 3.63) is 89.9 Å². The molecule has 0 aliphatic heterocycles. The Morgan fingerprint density at radius 2 is 1.64 bits per heavy atom. The molecular weight excluding hydrogens is 353 g/mol. The minimum Gasteiger partial charge on any atom is -0.386 e. The predicted octanol–water partition coefficient (Wildman–Crippen LogP) is 4.75. The summed E-state index contributed by atoms with van der Waals surface area (Å²) in [5, 5.41) is 15.0. The third kappa shape index (κ3) is 3.57. The Morgan fingerprint density at radius 1 is 0.929 bits per heavy atom. The molecule has 0 saturated carbocycles. The van der Waals surface area contributed by atoms with Gasteiger partial charge in [0.15, 0.2) is 0 Å². The summed E-state index contributed by atoms with van der Waals surface area (Å²) in [6, 6.07) is 22.0. The Kier molecular flexibility index (Phi) is 5.00. The number of aromatic nitrogens is 2. The lowest BCUT2D eigenvalue weighted by Gasteiger charge is -2.14. The molecule has 5 heteroatoms. The zero-order valence-corrected chi connectivity index (χ0v) is 15.4. The summed E-state index contributed by atoms with van der Waals surface area (Å²) < 4.78 is 14.2. The first-order valence-corrected chi connectivity index (χ1v) is 9.12. The molecule has 4 nitrogen and oxygen atoms in total. The van der Waals surface area contributed by atoms with E-state index in [1.54, 1.807) is 25.2 Å². The summed E-state index contributed by atoms with van der Waals surface area (Å²) in [6.45, 7) is 0. The topological polar surface area (TPSA) is 58.0 Å². The normalized spacial score (nSPS) is 12.1. The summed E-state index contributed by atoms with van der Waals surface area (Å²) in [5.41, 5.74) is 2.97. The van der Waals surface area contributed by atoms with E-state index < -0.39 is 6.10 Å². The summed E-state index contributed by atoms with van der Waals surface area (Å²) >= 11 is 0. The van der Waals surface area contributed by atoms with Crippen molar-refractivity contribution in [3.8, 4) is 11.3 Å². The lowest BCUT2D eigenvalue weighted by Crippen LogP contribution is -2.08. The Balaban J connectivity index is 1.79. The van der Waals surface area contributed by atoms with Gasteiger partial charge in [-0.2, -0.15) is 0 Å². The van der Waals surface area contributed by atoms with Crippen molar-refractivity contribution in [3.63, 3.8) is 0 Å². The van der Waals surface area contributed by atoms with E-state index in [0.29, 0.717) is 29.1 Å². The maximum absolute atomic E-state index is 14.2. The first-order valence-electron chi connectivity index (χ1n) is 9.12. The second-order valence-corrected chi connectivity index (χ2v) is 6.60. The molecule has 1 aromatic heterocycles. The largest absolute Gasteiger partial charge is 0.386 e. The summed E-state index contributed by atoms with van der Waals surface area (Å²) in [4.78, 5) is 8.96. The average Bonchev–Trinajstić information content (AvgIpc) is 2.74. The monoisotopic (exact) mass is 373 g/mol. The van der Waals surface area contributed by atoms with Crippen molar-refractivity contribution in [1.29, 1.82) is 0 Å². The first kappa shape index (κ1) is 18.1.